The number of hydrogen-bond acceptors (Lipinski definition) is 4. The normalized spacial score (nSPS) is 17.9. The lowest BCUT2D eigenvalue weighted by atomic mass is 10.2. The number of benzene rings is 1. The van der Waals surface area contributed by atoms with Crippen LogP contribution in [0.3, 0.4) is 0 Å². The quantitative estimate of drug-likeness (QED) is 0.661. The summed E-state index contributed by atoms with van der Waals surface area (Å²) in [7, 11) is -3.54. The topological polar surface area (TPSA) is 92.4 Å². The Hall–Kier alpha value is -1.11. The first-order chi connectivity index (χ1) is 7.99. The molecule has 6 heteroatoms. The van der Waals surface area contributed by atoms with Gasteiger partial charge >= 0.3 is 0 Å². The third kappa shape index (κ3) is 3.18. The number of nitrogen functional groups attached to an aromatic ring is 1. The third-order valence-electron chi connectivity index (χ3n) is 2.84. The molecule has 1 aromatic carbocycles. The van der Waals surface area contributed by atoms with Gasteiger partial charge in [-0.3, -0.25) is 0 Å². The van der Waals surface area contributed by atoms with Crippen LogP contribution in [0.15, 0.2) is 29.2 Å². The number of rotatable bonds is 5. The molecule has 0 aliphatic heterocycles. The van der Waals surface area contributed by atoms with E-state index in [2.05, 4.69) is 4.72 Å². The summed E-state index contributed by atoms with van der Waals surface area (Å²) in [5.41, 5.74) is 6.00. The monoisotopic (exact) mass is 256 g/mol. The molecule has 2 rings (SSSR count). The first-order valence-corrected chi connectivity index (χ1v) is 7.00. The van der Waals surface area contributed by atoms with Crippen molar-refractivity contribution in [2.24, 2.45) is 5.92 Å². The number of nitrogens with one attached hydrogen (secondary N) is 1. The average Bonchev–Trinajstić information content (AvgIpc) is 3.10. The molecule has 0 saturated heterocycles. The highest BCUT2D eigenvalue weighted by Gasteiger charge is 2.30. The van der Waals surface area contributed by atoms with Gasteiger partial charge in [0.1, 0.15) is 0 Å². The lowest BCUT2D eigenvalue weighted by Crippen LogP contribution is -2.33. The molecule has 0 spiro atoms. The summed E-state index contributed by atoms with van der Waals surface area (Å²) >= 11 is 0. The van der Waals surface area contributed by atoms with Gasteiger partial charge < -0.3 is 10.8 Å². The molecule has 5 nitrogen and oxygen atoms in total. The molecule has 0 heterocycles. The van der Waals surface area contributed by atoms with Crippen LogP contribution in [0.2, 0.25) is 0 Å². The van der Waals surface area contributed by atoms with E-state index in [0.717, 1.165) is 12.8 Å². The van der Waals surface area contributed by atoms with Crippen LogP contribution in [0.4, 0.5) is 5.69 Å². The van der Waals surface area contributed by atoms with Gasteiger partial charge in [0, 0.05) is 12.2 Å². The van der Waals surface area contributed by atoms with Crippen molar-refractivity contribution in [3.05, 3.63) is 24.3 Å². The van der Waals surface area contributed by atoms with Crippen molar-refractivity contribution in [2.45, 2.75) is 23.8 Å². The van der Waals surface area contributed by atoms with Gasteiger partial charge in [-0.1, -0.05) is 0 Å². The first kappa shape index (κ1) is 12.3. The maximum atomic E-state index is 11.8. The van der Waals surface area contributed by atoms with E-state index >= 15 is 0 Å². The fraction of sp³-hybridized carbons (Fsp3) is 0.455. The summed E-state index contributed by atoms with van der Waals surface area (Å²) < 4.78 is 26.1. The van der Waals surface area contributed by atoms with Crippen LogP contribution < -0.4 is 10.5 Å². The molecule has 1 atom stereocenters. The van der Waals surface area contributed by atoms with Crippen molar-refractivity contribution < 1.29 is 13.5 Å². The fourth-order valence-corrected chi connectivity index (χ4v) is 2.62. The highest BCUT2D eigenvalue weighted by atomic mass is 32.2. The van der Waals surface area contributed by atoms with Gasteiger partial charge in [0.05, 0.1) is 11.0 Å². The number of anilines is 1. The number of hydrogen-bond donors (Lipinski definition) is 3. The summed E-state index contributed by atoms with van der Waals surface area (Å²) in [6.45, 7) is 0.0668. The highest BCUT2D eigenvalue weighted by molar-refractivity contribution is 7.89. The highest BCUT2D eigenvalue weighted by Crippen LogP contribution is 2.32. The van der Waals surface area contributed by atoms with E-state index in [9.17, 15) is 13.5 Å². The zero-order valence-electron chi connectivity index (χ0n) is 9.33. The zero-order valence-corrected chi connectivity index (χ0v) is 10.2. The Morgan fingerprint density at radius 2 is 1.94 bits per heavy atom. The van der Waals surface area contributed by atoms with Gasteiger partial charge in [-0.15, -0.1) is 0 Å². The lowest BCUT2D eigenvalue weighted by molar-refractivity contribution is 0.155. The van der Waals surface area contributed by atoms with E-state index < -0.39 is 16.1 Å². The third-order valence-corrected chi connectivity index (χ3v) is 4.28. The van der Waals surface area contributed by atoms with Crippen molar-refractivity contribution >= 4 is 15.7 Å². The van der Waals surface area contributed by atoms with Crippen molar-refractivity contribution in [1.29, 1.82) is 0 Å². The van der Waals surface area contributed by atoms with E-state index in [1.54, 1.807) is 0 Å². The number of sulfonamides is 1. The minimum Gasteiger partial charge on any atom is -0.399 e. The van der Waals surface area contributed by atoms with E-state index in [0.29, 0.717) is 5.69 Å². The van der Waals surface area contributed by atoms with Crippen LogP contribution in [0.1, 0.15) is 12.8 Å². The smallest absolute Gasteiger partial charge is 0.240 e. The molecule has 0 amide bonds. The Labute approximate surface area is 101 Å². The van der Waals surface area contributed by atoms with Crippen LogP contribution >= 0.6 is 0 Å². The predicted octanol–water partition coefficient (Wildman–Crippen LogP) is 0.318. The molecule has 17 heavy (non-hydrogen) atoms. The van der Waals surface area contributed by atoms with Crippen LogP contribution in [0.5, 0.6) is 0 Å². The van der Waals surface area contributed by atoms with E-state index in [1.165, 1.54) is 24.3 Å². The molecule has 0 radical (unpaired) electrons. The molecule has 0 aromatic heterocycles. The molecular weight excluding hydrogens is 240 g/mol. The summed E-state index contributed by atoms with van der Waals surface area (Å²) in [6, 6.07) is 5.96. The summed E-state index contributed by atoms with van der Waals surface area (Å²) in [5.74, 6) is 0.254. The largest absolute Gasteiger partial charge is 0.399 e. The van der Waals surface area contributed by atoms with Gasteiger partial charge in [0.25, 0.3) is 0 Å². The van der Waals surface area contributed by atoms with Crippen molar-refractivity contribution in [1.82, 2.24) is 4.72 Å². The van der Waals surface area contributed by atoms with Gasteiger partial charge in [-0.25, -0.2) is 13.1 Å². The second kappa shape index (κ2) is 4.64. The SMILES string of the molecule is Nc1ccc(S(=O)(=O)NCC(O)C2CC2)cc1. The van der Waals surface area contributed by atoms with Crippen molar-refractivity contribution in [3.63, 3.8) is 0 Å². The standard InChI is InChI=1S/C11H16N2O3S/c12-9-3-5-10(6-4-9)17(15,16)13-7-11(14)8-1-2-8/h3-6,8,11,13-14H,1-2,7,12H2. The number of aliphatic hydroxyl groups is 1. The van der Waals surface area contributed by atoms with Gasteiger partial charge in [-0.2, -0.15) is 0 Å². The molecule has 1 unspecified atom stereocenters. The Balaban J connectivity index is 2.00. The first-order valence-electron chi connectivity index (χ1n) is 5.52. The van der Waals surface area contributed by atoms with E-state index in [-0.39, 0.29) is 17.4 Å². The second-order valence-electron chi connectivity index (χ2n) is 4.33. The predicted molar refractivity (Wildman–Crippen MR) is 64.8 cm³/mol. The molecule has 1 aliphatic carbocycles. The van der Waals surface area contributed by atoms with Crippen LogP contribution in [0.25, 0.3) is 0 Å². The zero-order chi connectivity index (χ0) is 12.5. The van der Waals surface area contributed by atoms with E-state index in [1.807, 2.05) is 0 Å². The average molecular weight is 256 g/mol. The molecule has 4 N–H and O–H groups in total. The molecule has 1 aliphatic rings. The van der Waals surface area contributed by atoms with E-state index in [4.69, 9.17) is 5.73 Å². The molecule has 1 saturated carbocycles. The van der Waals surface area contributed by atoms with Crippen LogP contribution in [-0.2, 0) is 10.0 Å². The number of aliphatic hydroxyl groups excluding tert-OH is 1. The maximum absolute atomic E-state index is 11.8. The lowest BCUT2D eigenvalue weighted by Gasteiger charge is -2.11. The Kier molecular flexibility index (Phi) is 3.37. The van der Waals surface area contributed by atoms with Gasteiger partial charge in [0.2, 0.25) is 10.0 Å². The number of nitrogens with two attached hydrogens (primary N) is 1. The Morgan fingerprint density at radius 3 is 2.47 bits per heavy atom. The van der Waals surface area contributed by atoms with Crippen molar-refractivity contribution in [3.8, 4) is 0 Å². The van der Waals surface area contributed by atoms with Gasteiger partial charge in [-0.05, 0) is 43.0 Å². The fourth-order valence-electron chi connectivity index (χ4n) is 1.57. The van der Waals surface area contributed by atoms with Crippen LogP contribution in [0, 0.1) is 5.92 Å². The Bertz CT molecular complexity index is 480. The molecule has 1 aromatic rings. The molecule has 94 valence electrons. The maximum Gasteiger partial charge on any atom is 0.240 e. The summed E-state index contributed by atoms with van der Waals surface area (Å²) in [5, 5.41) is 9.60. The Morgan fingerprint density at radius 1 is 1.35 bits per heavy atom. The molecule has 0 bridgehead atoms. The van der Waals surface area contributed by atoms with Crippen molar-refractivity contribution in [2.75, 3.05) is 12.3 Å². The molecule has 1 fully saturated rings. The minimum atomic E-state index is -3.54. The minimum absolute atomic E-state index is 0.0668. The van der Waals surface area contributed by atoms with Gasteiger partial charge in [0.15, 0.2) is 0 Å². The molecular formula is C11H16N2O3S. The summed E-state index contributed by atoms with van der Waals surface area (Å²) in [4.78, 5) is 0.162. The van der Waals surface area contributed by atoms with Crippen LogP contribution in [-0.4, -0.2) is 26.2 Å². The second-order valence-corrected chi connectivity index (χ2v) is 6.09. The summed E-state index contributed by atoms with van der Waals surface area (Å²) in [6.07, 6.45) is 1.37.